The fourth-order valence-corrected chi connectivity index (χ4v) is 12.9. The van der Waals surface area contributed by atoms with Crippen molar-refractivity contribution in [1.82, 2.24) is 0 Å². The van der Waals surface area contributed by atoms with Crippen molar-refractivity contribution in [1.29, 1.82) is 0 Å². The molecule has 0 amide bonds. The second kappa shape index (κ2) is 16.5. The minimum Gasteiger partial charge on any atom is -0.0946 e. The summed E-state index contributed by atoms with van der Waals surface area (Å²) in [6.45, 7) is 0. The molecule has 0 fully saturated rings. The molecule has 0 aromatic heterocycles. The third kappa shape index (κ3) is 8.57. The van der Waals surface area contributed by atoms with Gasteiger partial charge < -0.3 is 0 Å². The summed E-state index contributed by atoms with van der Waals surface area (Å²) >= 11 is 200. The van der Waals surface area contributed by atoms with Crippen LogP contribution in [0.15, 0.2) is 0 Å². The Morgan fingerprint density at radius 1 is 0.106 bits per heavy atom. The lowest BCUT2D eigenvalue weighted by atomic mass is 9.97. The van der Waals surface area contributed by atoms with Crippen LogP contribution < -0.4 is 0 Å². The van der Waals surface area contributed by atoms with Crippen LogP contribution in [0.4, 0.5) is 0 Å². The summed E-state index contributed by atoms with van der Waals surface area (Å²) in [5.74, 6) is 0. The Hall–Kier alpha value is 9.28. The zero-order valence-corrected chi connectivity index (χ0v) is 43.8. The number of hydrogen-bond acceptors (Lipinski definition) is 0. The number of rotatable bonds is 12. The summed E-state index contributed by atoms with van der Waals surface area (Å²) in [4.78, 5) is 0. The molecule has 32 heteroatoms. The van der Waals surface area contributed by atoms with Gasteiger partial charge in [0.05, 0.1) is 0 Å². The second-order valence-electron chi connectivity index (χ2n) is 8.46. The van der Waals surface area contributed by atoms with Crippen LogP contribution in [-0.2, 0) is 0 Å². The smallest absolute Gasteiger partial charge is 0.0946 e. The third-order valence-corrected chi connectivity index (χ3v) is 27.7. The van der Waals surface area contributed by atoms with E-state index in [1.165, 1.54) is 0 Å². The topological polar surface area (TPSA) is 0 Å². The van der Waals surface area contributed by atoms with Crippen molar-refractivity contribution in [3.8, 4) is 0 Å². The van der Waals surface area contributed by atoms with E-state index in [0.29, 0.717) is 0 Å². The predicted molar refractivity (Wildman–Crippen MR) is 228 cm³/mol. The molecular weight excluding hydrogens is 1310 g/mol. The van der Waals surface area contributed by atoms with Gasteiger partial charge in [-0.05, 0) is 0 Å². The van der Waals surface area contributed by atoms with Crippen molar-refractivity contribution in [2.75, 3.05) is 0 Å². The molecule has 47 heavy (non-hydrogen) atoms. The normalized spacial score (nSPS) is 17.4. The van der Waals surface area contributed by atoms with Crippen molar-refractivity contribution < 1.29 is 0 Å². The van der Waals surface area contributed by atoms with Gasteiger partial charge in [-0.3, -0.25) is 0 Å². The third-order valence-electron chi connectivity index (χ3n) is 5.44. The molecule has 0 aromatic rings. The van der Waals surface area contributed by atoms with Crippen LogP contribution in [0, 0.1) is 0 Å². The van der Waals surface area contributed by atoms with E-state index in [0.717, 1.165) is 0 Å². The Kier molecular flexibility index (Phi) is 19.8. The first-order valence-corrected chi connectivity index (χ1v) is 21.6. The van der Waals surface area contributed by atoms with Gasteiger partial charge in [0.1, 0.15) is 0 Å². The molecule has 0 saturated carbocycles. The van der Waals surface area contributed by atoms with Crippen molar-refractivity contribution in [2.45, 2.75) is 63.9 Å². The van der Waals surface area contributed by atoms with Crippen LogP contribution in [0.3, 0.4) is 0 Å². The molecule has 0 bridgehead atoms. The van der Waals surface area contributed by atoms with E-state index in [2.05, 4.69) is 0 Å². The van der Waals surface area contributed by atoms with Crippen LogP contribution in [-0.4, -0.2) is 63.9 Å². The summed E-state index contributed by atoms with van der Waals surface area (Å²) in [5.41, 5.74) is 0. The van der Waals surface area contributed by atoms with Crippen molar-refractivity contribution in [3.63, 3.8) is 0 Å². The summed E-state index contributed by atoms with van der Waals surface area (Å²) < 4.78 is -49.6. The highest BCUT2D eigenvalue weighted by molar-refractivity contribution is 6.86. The minimum atomic E-state index is -3.57. The largest absolute Gasteiger partial charge is 0.226 e. The first kappa shape index (κ1) is 56.3. The molecule has 0 unspecified atom stereocenters. The number of alkyl halides is 32. The highest BCUT2D eigenvalue weighted by Gasteiger charge is 2.87. The molecule has 0 nitrogen and oxygen atoms in total. The molecule has 284 valence electrons. The van der Waals surface area contributed by atoms with Gasteiger partial charge in [-0.1, -0.05) is 371 Å². The monoisotopic (exact) mass is 1300 g/mol. The van der Waals surface area contributed by atoms with Gasteiger partial charge in [0.15, 0.2) is 47.7 Å². The molecule has 0 atom stereocenters. The molecule has 0 aliphatic rings. The van der Waals surface area contributed by atoms with Gasteiger partial charge in [0.25, 0.3) is 0 Å². The van der Waals surface area contributed by atoms with E-state index in [1.54, 1.807) is 0 Å². The summed E-state index contributed by atoms with van der Waals surface area (Å²) in [5, 5.41) is 0. The molecule has 0 saturated heterocycles. The fraction of sp³-hybridized carbons (Fsp3) is 1.00. The van der Waals surface area contributed by atoms with Crippen molar-refractivity contribution in [3.05, 3.63) is 0 Å². The maximum absolute atomic E-state index is 6.48. The lowest BCUT2D eigenvalue weighted by Gasteiger charge is -2.58. The van der Waals surface area contributed by atoms with E-state index in [9.17, 15) is 0 Å². The van der Waals surface area contributed by atoms with Crippen LogP contribution in [0.2, 0.25) is 0 Å². The number of halogens is 32. The first-order chi connectivity index (χ1) is 19.5. The van der Waals surface area contributed by atoms with Crippen LogP contribution in [0.1, 0.15) is 0 Å². The van der Waals surface area contributed by atoms with Gasteiger partial charge in [-0.2, -0.15) is 0 Å². The van der Waals surface area contributed by atoms with Crippen molar-refractivity contribution >= 4 is 371 Å². The zero-order valence-electron chi connectivity index (χ0n) is 19.6. The molecule has 0 aromatic carbocycles. The fourth-order valence-electron chi connectivity index (χ4n) is 2.52. The lowest BCUT2D eigenvalue weighted by Crippen LogP contribution is -2.75. The quantitative estimate of drug-likeness (QED) is 0.171. The van der Waals surface area contributed by atoms with Crippen LogP contribution >= 0.6 is 371 Å². The average Bonchev–Trinajstić information content (AvgIpc) is 2.80. The van der Waals surface area contributed by atoms with Crippen LogP contribution in [0.25, 0.3) is 0 Å². The molecule has 0 rings (SSSR count). The molecule has 0 aliphatic carbocycles. The Morgan fingerprint density at radius 3 is 0.234 bits per heavy atom. The van der Waals surface area contributed by atoms with Crippen molar-refractivity contribution in [2.24, 2.45) is 0 Å². The molecule has 0 spiro atoms. The molecule has 0 aliphatic heterocycles. The van der Waals surface area contributed by atoms with Crippen LogP contribution in [0.5, 0.6) is 0 Å². The standard InChI is InChI=1S/C15Cl32/c16-1(17,2(18,19)4(22,23)6(26,27)8(30,31)10(34,35)12(38,39)14(42,43)44)3(20,21)5(24,25)7(28,29)9(32,33)11(36,37)13(40,41)15(45,46)47. The molecule has 0 N–H and O–H groups in total. The highest BCUT2D eigenvalue weighted by Crippen LogP contribution is 2.77. The SMILES string of the molecule is ClC(Cl)(Cl)C(Cl)(Cl)C(Cl)(Cl)C(Cl)(Cl)C(Cl)(Cl)C(Cl)(Cl)C(Cl)(Cl)C(Cl)(Cl)C(Cl)(Cl)C(Cl)(Cl)C(Cl)(Cl)C(Cl)(Cl)C(Cl)(Cl)C(Cl)(Cl)C(Cl)(Cl)Cl. The number of hydrogen-bond donors (Lipinski definition) is 0. The molecular formula is C15Cl32. The molecule has 0 heterocycles. The Bertz CT molecular complexity index is 1050. The van der Waals surface area contributed by atoms with Gasteiger partial charge in [0.2, 0.25) is 16.3 Å². The van der Waals surface area contributed by atoms with E-state index in [4.69, 9.17) is 371 Å². The van der Waals surface area contributed by atoms with E-state index >= 15 is 0 Å². The first-order valence-electron chi connectivity index (χ1n) is 9.55. The zero-order chi connectivity index (χ0) is 39.5. The lowest BCUT2D eigenvalue weighted by molar-refractivity contribution is 0.402. The van der Waals surface area contributed by atoms with E-state index in [-0.39, 0.29) is 0 Å². The maximum atomic E-state index is 6.48. The Labute approximate surface area is 428 Å². The van der Waals surface area contributed by atoms with Gasteiger partial charge >= 0.3 is 0 Å². The average molecular weight is 1310 g/mol. The summed E-state index contributed by atoms with van der Waals surface area (Å²) in [6.07, 6.45) is 0. The van der Waals surface area contributed by atoms with Gasteiger partial charge in [0, 0.05) is 0 Å². The van der Waals surface area contributed by atoms with Gasteiger partial charge in [-0.15, -0.1) is 0 Å². The van der Waals surface area contributed by atoms with Gasteiger partial charge in [-0.25, -0.2) is 0 Å². The molecule has 0 radical (unpaired) electrons. The Morgan fingerprint density at radius 2 is 0.170 bits per heavy atom. The summed E-state index contributed by atoms with van der Waals surface area (Å²) in [6, 6.07) is 0. The summed E-state index contributed by atoms with van der Waals surface area (Å²) in [7, 11) is 0. The Balaban J connectivity index is 7.61. The maximum Gasteiger partial charge on any atom is 0.226 e. The van der Waals surface area contributed by atoms with E-state index in [1.807, 2.05) is 0 Å². The second-order valence-corrected chi connectivity index (χ2v) is 30.3. The highest BCUT2D eigenvalue weighted by atomic mass is 35.6. The van der Waals surface area contributed by atoms with E-state index < -0.39 is 63.9 Å². The predicted octanol–water partition coefficient (Wildman–Crippen LogP) is 19.0. The minimum absolute atomic E-state index is 2.82.